The van der Waals surface area contributed by atoms with Crippen molar-refractivity contribution in [2.75, 3.05) is 13.1 Å². The quantitative estimate of drug-likeness (QED) is 0.773. The first-order valence-electron chi connectivity index (χ1n) is 7.79. The number of likely N-dealkylation sites (tertiary alicyclic amines) is 1. The molecule has 0 spiro atoms. The van der Waals surface area contributed by atoms with Gasteiger partial charge in [0.15, 0.2) is 0 Å². The van der Waals surface area contributed by atoms with Gasteiger partial charge in [0.25, 0.3) is 0 Å². The molecule has 3 nitrogen and oxygen atoms in total. The molecule has 0 radical (unpaired) electrons. The lowest BCUT2D eigenvalue weighted by molar-refractivity contribution is -0.137. The summed E-state index contributed by atoms with van der Waals surface area (Å²) in [6, 6.07) is 1.18. The summed E-state index contributed by atoms with van der Waals surface area (Å²) in [7, 11) is 0. The molecule has 4 unspecified atom stereocenters. The molecule has 18 heavy (non-hydrogen) atoms. The number of amides is 1. The summed E-state index contributed by atoms with van der Waals surface area (Å²) in [6.45, 7) is 4.14. The fourth-order valence-electron chi connectivity index (χ4n) is 4.12. The van der Waals surface area contributed by atoms with E-state index in [1.165, 1.54) is 32.1 Å². The molecule has 102 valence electrons. The van der Waals surface area contributed by atoms with Crippen LogP contribution in [0.1, 0.15) is 51.9 Å². The first kappa shape index (κ1) is 12.5. The fraction of sp³-hybridized carbons (Fsp3) is 0.933. The molecule has 3 fully saturated rings. The Morgan fingerprint density at radius 3 is 2.72 bits per heavy atom. The highest BCUT2D eigenvalue weighted by Gasteiger charge is 2.40. The maximum Gasteiger partial charge on any atom is 0.227 e. The molecule has 0 bridgehead atoms. The lowest BCUT2D eigenvalue weighted by atomic mass is 9.84. The predicted molar refractivity (Wildman–Crippen MR) is 72.3 cm³/mol. The van der Waals surface area contributed by atoms with E-state index >= 15 is 0 Å². The van der Waals surface area contributed by atoms with Crippen molar-refractivity contribution in [3.8, 4) is 0 Å². The van der Waals surface area contributed by atoms with E-state index in [-0.39, 0.29) is 5.92 Å². The number of nitrogens with one attached hydrogen (secondary N) is 1. The van der Waals surface area contributed by atoms with Gasteiger partial charge < -0.3 is 10.2 Å². The molecule has 3 aliphatic rings. The number of hydrogen-bond donors (Lipinski definition) is 1. The lowest BCUT2D eigenvalue weighted by Gasteiger charge is -2.35. The molecule has 3 heteroatoms. The second-order valence-corrected chi connectivity index (χ2v) is 6.52. The van der Waals surface area contributed by atoms with E-state index in [1.807, 2.05) is 0 Å². The Bertz CT molecular complexity index is 310. The number of fused-ring (bicyclic) bond motifs is 1. The standard InChI is InChI=1S/C15H26N2O/c1-11-6-7-13(10-16-11)15(18)17-9-8-12-4-2-3-5-14(12)17/h11-14,16H,2-10H2,1H3. The van der Waals surface area contributed by atoms with Crippen molar-refractivity contribution in [2.24, 2.45) is 11.8 Å². The molecule has 1 amide bonds. The number of nitrogens with zero attached hydrogens (tertiary/aromatic N) is 1. The van der Waals surface area contributed by atoms with Crippen molar-refractivity contribution in [3.63, 3.8) is 0 Å². The molecule has 2 aliphatic heterocycles. The van der Waals surface area contributed by atoms with Crippen LogP contribution >= 0.6 is 0 Å². The third kappa shape index (κ3) is 2.29. The van der Waals surface area contributed by atoms with Crippen LogP contribution in [-0.4, -0.2) is 36.0 Å². The fourth-order valence-corrected chi connectivity index (χ4v) is 4.12. The maximum atomic E-state index is 12.6. The van der Waals surface area contributed by atoms with Gasteiger partial charge >= 0.3 is 0 Å². The lowest BCUT2D eigenvalue weighted by Crippen LogP contribution is -2.48. The van der Waals surface area contributed by atoms with Gasteiger partial charge in [0.2, 0.25) is 5.91 Å². The summed E-state index contributed by atoms with van der Waals surface area (Å²) < 4.78 is 0. The van der Waals surface area contributed by atoms with Crippen molar-refractivity contribution >= 4 is 5.91 Å². The second kappa shape index (κ2) is 5.20. The van der Waals surface area contributed by atoms with Gasteiger partial charge in [-0.25, -0.2) is 0 Å². The van der Waals surface area contributed by atoms with Crippen molar-refractivity contribution < 1.29 is 4.79 Å². The van der Waals surface area contributed by atoms with Gasteiger partial charge in [-0.15, -0.1) is 0 Å². The van der Waals surface area contributed by atoms with E-state index in [4.69, 9.17) is 0 Å². The number of piperidine rings is 1. The van der Waals surface area contributed by atoms with Crippen molar-refractivity contribution in [1.29, 1.82) is 0 Å². The van der Waals surface area contributed by atoms with Gasteiger partial charge in [-0.3, -0.25) is 4.79 Å². The monoisotopic (exact) mass is 250 g/mol. The highest BCUT2D eigenvalue weighted by Crippen LogP contribution is 2.37. The average Bonchev–Trinajstić information content (AvgIpc) is 2.82. The van der Waals surface area contributed by atoms with Crippen molar-refractivity contribution in [1.82, 2.24) is 10.2 Å². The Hall–Kier alpha value is -0.570. The molecular weight excluding hydrogens is 224 g/mol. The van der Waals surface area contributed by atoms with Gasteiger partial charge in [-0.05, 0) is 44.9 Å². The predicted octanol–water partition coefficient (Wildman–Crippen LogP) is 2.17. The van der Waals surface area contributed by atoms with E-state index in [1.54, 1.807) is 0 Å². The summed E-state index contributed by atoms with van der Waals surface area (Å²) in [5.74, 6) is 1.52. The molecule has 0 aromatic rings. The zero-order valence-corrected chi connectivity index (χ0v) is 11.5. The smallest absolute Gasteiger partial charge is 0.227 e. The van der Waals surface area contributed by atoms with Crippen LogP contribution in [0.25, 0.3) is 0 Å². The minimum atomic E-state index is 0.252. The third-order valence-corrected chi connectivity index (χ3v) is 5.30. The van der Waals surface area contributed by atoms with Crippen molar-refractivity contribution in [3.05, 3.63) is 0 Å². The third-order valence-electron chi connectivity index (χ3n) is 5.30. The largest absolute Gasteiger partial charge is 0.339 e. The Balaban J connectivity index is 1.62. The molecule has 2 saturated heterocycles. The molecule has 1 saturated carbocycles. The summed E-state index contributed by atoms with van der Waals surface area (Å²) in [5.41, 5.74) is 0. The van der Waals surface area contributed by atoms with Crippen LogP contribution in [-0.2, 0) is 4.79 Å². The minimum absolute atomic E-state index is 0.252. The van der Waals surface area contributed by atoms with Crippen LogP contribution in [0.4, 0.5) is 0 Å². The van der Waals surface area contributed by atoms with Crippen LogP contribution < -0.4 is 5.32 Å². The highest BCUT2D eigenvalue weighted by atomic mass is 16.2. The zero-order chi connectivity index (χ0) is 12.5. The molecular formula is C15H26N2O. The van der Waals surface area contributed by atoms with Gasteiger partial charge in [-0.2, -0.15) is 0 Å². The summed E-state index contributed by atoms with van der Waals surface area (Å²) >= 11 is 0. The first-order chi connectivity index (χ1) is 8.75. The first-order valence-corrected chi connectivity index (χ1v) is 7.79. The van der Waals surface area contributed by atoms with Crippen LogP contribution in [0.3, 0.4) is 0 Å². The van der Waals surface area contributed by atoms with Crippen LogP contribution in [0.2, 0.25) is 0 Å². The number of carbonyl (C=O) groups is 1. The Morgan fingerprint density at radius 2 is 1.94 bits per heavy atom. The van der Waals surface area contributed by atoms with E-state index in [2.05, 4.69) is 17.1 Å². The molecule has 0 aromatic carbocycles. The Kier molecular flexibility index (Phi) is 3.60. The number of hydrogen-bond acceptors (Lipinski definition) is 2. The summed E-state index contributed by atoms with van der Waals surface area (Å²) in [5, 5.41) is 3.46. The van der Waals surface area contributed by atoms with Gasteiger partial charge in [0.1, 0.15) is 0 Å². The Labute approximate surface area is 110 Å². The SMILES string of the molecule is CC1CCC(C(=O)N2CCC3CCCCC32)CN1. The maximum absolute atomic E-state index is 12.6. The average molecular weight is 250 g/mol. The summed E-state index contributed by atoms with van der Waals surface area (Å²) in [6.07, 6.45) is 8.81. The normalized spacial score (nSPS) is 40.6. The molecule has 1 N–H and O–H groups in total. The van der Waals surface area contributed by atoms with Crippen molar-refractivity contribution in [2.45, 2.75) is 64.0 Å². The topological polar surface area (TPSA) is 32.3 Å². The zero-order valence-electron chi connectivity index (χ0n) is 11.5. The van der Waals surface area contributed by atoms with E-state index in [0.717, 1.165) is 31.8 Å². The van der Waals surface area contributed by atoms with Crippen LogP contribution in [0.15, 0.2) is 0 Å². The molecule has 3 rings (SSSR count). The van der Waals surface area contributed by atoms with Crippen LogP contribution in [0.5, 0.6) is 0 Å². The van der Waals surface area contributed by atoms with E-state index in [9.17, 15) is 4.79 Å². The number of carbonyl (C=O) groups excluding carboxylic acids is 1. The minimum Gasteiger partial charge on any atom is -0.339 e. The second-order valence-electron chi connectivity index (χ2n) is 6.52. The number of rotatable bonds is 1. The molecule has 2 heterocycles. The molecule has 4 atom stereocenters. The van der Waals surface area contributed by atoms with Gasteiger partial charge in [0, 0.05) is 25.2 Å². The molecule has 1 aliphatic carbocycles. The van der Waals surface area contributed by atoms with Gasteiger partial charge in [0.05, 0.1) is 5.92 Å². The van der Waals surface area contributed by atoms with Crippen LogP contribution in [0, 0.1) is 11.8 Å². The highest BCUT2D eigenvalue weighted by molar-refractivity contribution is 5.80. The molecule has 0 aromatic heterocycles. The van der Waals surface area contributed by atoms with Gasteiger partial charge in [-0.1, -0.05) is 12.8 Å². The summed E-state index contributed by atoms with van der Waals surface area (Å²) in [4.78, 5) is 14.9. The Morgan fingerprint density at radius 1 is 1.11 bits per heavy atom. The van der Waals surface area contributed by atoms with E-state index < -0.39 is 0 Å². The van der Waals surface area contributed by atoms with E-state index in [0.29, 0.717) is 18.0 Å².